The summed E-state index contributed by atoms with van der Waals surface area (Å²) in [4.78, 5) is 35.1. The molecule has 0 saturated carbocycles. The van der Waals surface area contributed by atoms with Crippen LogP contribution in [-0.4, -0.2) is 49.3 Å². The molecule has 0 bridgehead atoms. The maximum atomic E-state index is 12.7. The van der Waals surface area contributed by atoms with E-state index in [2.05, 4.69) is 13.8 Å². The number of hydrogen-bond acceptors (Lipinski definition) is 8. The molecule has 0 spiro atoms. The number of carbonyl (C=O) groups is 2. The zero-order valence-electron chi connectivity index (χ0n) is 40.4. The molecule has 61 heavy (non-hydrogen) atoms. The number of hydrogen-bond donors (Lipinski definition) is 2. The van der Waals surface area contributed by atoms with E-state index in [-0.39, 0.29) is 38.6 Å². The van der Waals surface area contributed by atoms with Crippen molar-refractivity contribution in [3.63, 3.8) is 0 Å². The molecule has 0 radical (unpaired) electrons. The van der Waals surface area contributed by atoms with Crippen molar-refractivity contribution >= 4 is 19.8 Å². The number of rotatable bonds is 51. The Morgan fingerprint density at radius 1 is 0.426 bits per heavy atom. The van der Waals surface area contributed by atoms with Crippen molar-refractivity contribution in [2.75, 3.05) is 26.4 Å². The lowest BCUT2D eigenvalue weighted by atomic mass is 10.0. The van der Waals surface area contributed by atoms with Crippen LogP contribution in [-0.2, 0) is 32.7 Å². The zero-order valence-corrected chi connectivity index (χ0v) is 41.3. The van der Waals surface area contributed by atoms with Crippen LogP contribution < -0.4 is 5.73 Å². The van der Waals surface area contributed by atoms with Gasteiger partial charge in [0.1, 0.15) is 6.61 Å². The van der Waals surface area contributed by atoms with Gasteiger partial charge in [0.05, 0.1) is 13.2 Å². The van der Waals surface area contributed by atoms with Crippen molar-refractivity contribution in [3.8, 4) is 0 Å². The Morgan fingerprint density at radius 2 is 0.705 bits per heavy atom. The smallest absolute Gasteiger partial charge is 0.462 e. The third-order valence-corrected chi connectivity index (χ3v) is 13.0. The predicted octanol–water partition coefficient (Wildman–Crippen LogP) is 16.0. The van der Waals surface area contributed by atoms with Crippen LogP contribution in [0.5, 0.6) is 0 Å². The fraction of sp³-hybridized carbons (Fsp3) is 0.961. The molecule has 0 aromatic heterocycles. The number of phosphoric acid groups is 1. The minimum absolute atomic E-state index is 0.0585. The lowest BCUT2D eigenvalue weighted by molar-refractivity contribution is -0.161. The number of nitrogens with two attached hydrogens (primary N) is 1. The summed E-state index contributed by atoms with van der Waals surface area (Å²) in [5, 5.41) is 0. The Labute approximate surface area is 377 Å². The molecular weight excluding hydrogens is 786 g/mol. The molecule has 2 unspecified atom stereocenters. The van der Waals surface area contributed by atoms with Gasteiger partial charge in [-0.25, -0.2) is 4.57 Å². The molecule has 2 atom stereocenters. The summed E-state index contributed by atoms with van der Waals surface area (Å²) in [5.41, 5.74) is 5.37. The molecule has 3 N–H and O–H groups in total. The van der Waals surface area contributed by atoms with Crippen LogP contribution >= 0.6 is 7.82 Å². The molecule has 0 rings (SSSR count). The minimum Gasteiger partial charge on any atom is -0.462 e. The van der Waals surface area contributed by atoms with E-state index in [4.69, 9.17) is 24.3 Å². The highest BCUT2D eigenvalue weighted by Gasteiger charge is 2.26. The lowest BCUT2D eigenvalue weighted by Crippen LogP contribution is -2.29. The summed E-state index contributed by atoms with van der Waals surface area (Å²) in [6, 6.07) is 0. The Kier molecular flexibility index (Phi) is 47.7. The van der Waals surface area contributed by atoms with E-state index in [0.29, 0.717) is 6.42 Å². The molecule has 0 aromatic carbocycles. The third-order valence-electron chi connectivity index (χ3n) is 12.0. The first-order valence-electron chi connectivity index (χ1n) is 26.5. The molecule has 0 fully saturated rings. The SMILES string of the molecule is CCCCCCCCCCCCCCCCCCCCCCC(=O)OCC(COP(=O)(O)OCCN)OC(=O)CCCCCCCCCCCCCCCCCCCCCC. The molecule has 0 aliphatic carbocycles. The van der Waals surface area contributed by atoms with Crippen LogP contribution in [0.1, 0.15) is 284 Å². The van der Waals surface area contributed by atoms with Crippen LogP contribution in [0.4, 0.5) is 0 Å². The maximum Gasteiger partial charge on any atom is 0.472 e. The van der Waals surface area contributed by atoms with E-state index in [1.807, 2.05) is 0 Å². The van der Waals surface area contributed by atoms with Crippen molar-refractivity contribution in [2.45, 2.75) is 290 Å². The minimum atomic E-state index is -4.37. The molecule has 0 heterocycles. The van der Waals surface area contributed by atoms with Crippen molar-refractivity contribution in [3.05, 3.63) is 0 Å². The molecule has 364 valence electrons. The number of esters is 2. The van der Waals surface area contributed by atoms with Gasteiger partial charge in [0, 0.05) is 19.4 Å². The van der Waals surface area contributed by atoms with Gasteiger partial charge in [0.15, 0.2) is 6.10 Å². The van der Waals surface area contributed by atoms with Gasteiger partial charge in [-0.1, -0.05) is 258 Å². The van der Waals surface area contributed by atoms with E-state index < -0.39 is 26.5 Å². The van der Waals surface area contributed by atoms with E-state index in [9.17, 15) is 19.0 Å². The van der Waals surface area contributed by atoms with Gasteiger partial charge in [-0.15, -0.1) is 0 Å². The zero-order chi connectivity index (χ0) is 44.6. The van der Waals surface area contributed by atoms with Gasteiger partial charge < -0.3 is 20.1 Å². The Balaban J connectivity index is 3.97. The number of ether oxygens (including phenoxy) is 2. The second-order valence-electron chi connectivity index (χ2n) is 18.1. The third kappa shape index (κ3) is 48.3. The average Bonchev–Trinajstić information content (AvgIpc) is 3.25. The van der Waals surface area contributed by atoms with E-state index in [1.54, 1.807) is 0 Å². The molecule has 0 aromatic rings. The van der Waals surface area contributed by atoms with Gasteiger partial charge in [0.2, 0.25) is 0 Å². The lowest BCUT2D eigenvalue weighted by Gasteiger charge is -2.19. The van der Waals surface area contributed by atoms with Crippen LogP contribution in [0.25, 0.3) is 0 Å². The second-order valence-corrected chi connectivity index (χ2v) is 19.6. The molecular formula is C51H102NO8P. The molecule has 0 saturated heterocycles. The monoisotopic (exact) mass is 888 g/mol. The topological polar surface area (TPSA) is 134 Å². The Hall–Kier alpha value is -0.990. The molecule has 10 heteroatoms. The number of phosphoric ester groups is 1. The van der Waals surface area contributed by atoms with E-state index in [0.717, 1.165) is 32.1 Å². The Morgan fingerprint density at radius 3 is 1.00 bits per heavy atom. The first-order valence-corrected chi connectivity index (χ1v) is 28.0. The average molecular weight is 888 g/mol. The fourth-order valence-corrected chi connectivity index (χ4v) is 8.82. The summed E-state index contributed by atoms with van der Waals surface area (Å²) >= 11 is 0. The normalized spacial score (nSPS) is 13.0. The summed E-state index contributed by atoms with van der Waals surface area (Å²) in [6.45, 7) is 3.81. The first-order chi connectivity index (χ1) is 29.8. The number of carbonyl (C=O) groups excluding carboxylic acids is 2. The Bertz CT molecular complexity index is 969. The fourth-order valence-electron chi connectivity index (χ4n) is 8.05. The van der Waals surface area contributed by atoms with Gasteiger partial charge in [-0.05, 0) is 12.8 Å². The van der Waals surface area contributed by atoms with Crippen LogP contribution in [0.2, 0.25) is 0 Å². The molecule has 0 aliphatic rings. The van der Waals surface area contributed by atoms with Gasteiger partial charge >= 0.3 is 19.8 Å². The highest BCUT2D eigenvalue weighted by atomic mass is 31.2. The predicted molar refractivity (Wildman–Crippen MR) is 257 cm³/mol. The van der Waals surface area contributed by atoms with Crippen LogP contribution in [0.3, 0.4) is 0 Å². The van der Waals surface area contributed by atoms with Crippen molar-refractivity contribution < 1.29 is 37.6 Å². The van der Waals surface area contributed by atoms with Gasteiger partial charge in [0.25, 0.3) is 0 Å². The summed E-state index contributed by atoms with van der Waals surface area (Å²) < 4.78 is 33.0. The highest BCUT2D eigenvalue weighted by molar-refractivity contribution is 7.47. The molecule has 0 aliphatic heterocycles. The van der Waals surface area contributed by atoms with E-state index >= 15 is 0 Å². The molecule has 9 nitrogen and oxygen atoms in total. The van der Waals surface area contributed by atoms with Gasteiger partial charge in [-0.2, -0.15) is 0 Å². The van der Waals surface area contributed by atoms with Crippen LogP contribution in [0, 0.1) is 0 Å². The quantitative estimate of drug-likeness (QED) is 0.0348. The maximum absolute atomic E-state index is 12.7. The standard InChI is InChI=1S/C51H102NO8P/c1-3-5-7-9-11-13-15-17-19-21-23-25-27-29-31-33-35-37-39-41-43-50(53)57-47-49(48-59-61(55,56)58-46-45-52)60-51(54)44-42-40-38-36-34-32-30-28-26-24-22-20-18-16-14-12-10-8-6-4-2/h49H,3-48,52H2,1-2H3,(H,55,56). The van der Waals surface area contributed by atoms with Gasteiger partial charge in [-0.3, -0.25) is 18.6 Å². The largest absolute Gasteiger partial charge is 0.472 e. The second kappa shape index (κ2) is 48.5. The summed E-state index contributed by atoms with van der Waals surface area (Å²) in [7, 11) is -4.37. The van der Waals surface area contributed by atoms with Crippen molar-refractivity contribution in [2.24, 2.45) is 5.73 Å². The molecule has 0 amide bonds. The summed E-state index contributed by atoms with van der Waals surface area (Å²) in [6.07, 6.45) is 51.4. The van der Waals surface area contributed by atoms with E-state index in [1.165, 1.54) is 218 Å². The van der Waals surface area contributed by atoms with Crippen molar-refractivity contribution in [1.29, 1.82) is 0 Å². The number of unbranched alkanes of at least 4 members (excludes halogenated alkanes) is 38. The van der Waals surface area contributed by atoms with Crippen molar-refractivity contribution in [1.82, 2.24) is 0 Å². The summed E-state index contributed by atoms with van der Waals surface area (Å²) in [5.74, 6) is -0.805. The first kappa shape index (κ1) is 60.0. The van der Waals surface area contributed by atoms with Crippen LogP contribution in [0.15, 0.2) is 0 Å². The highest BCUT2D eigenvalue weighted by Crippen LogP contribution is 2.43.